The molecule has 0 atom stereocenters. The third-order valence-electron chi connectivity index (χ3n) is 9.57. The first-order chi connectivity index (χ1) is 25.6. The number of hydrogen-bond donors (Lipinski definition) is 0. The van der Waals surface area contributed by atoms with Crippen LogP contribution in [-0.2, 0) is 13.1 Å². The van der Waals surface area contributed by atoms with E-state index in [1.807, 2.05) is 54.6 Å². The Kier molecular flexibility index (Phi) is 7.80. The van der Waals surface area contributed by atoms with Crippen LogP contribution in [-0.4, -0.2) is 21.1 Å². The van der Waals surface area contributed by atoms with E-state index in [4.69, 9.17) is 18.6 Å². The first-order valence-corrected chi connectivity index (χ1v) is 17.7. The number of hydrogen-bond acceptors (Lipinski definition) is 7. The van der Waals surface area contributed by atoms with Crippen molar-refractivity contribution in [2.45, 2.75) is 33.9 Å². The van der Waals surface area contributed by atoms with E-state index in [1.54, 1.807) is 0 Å². The lowest BCUT2D eigenvalue weighted by Crippen LogP contribution is -2.35. The monoisotopic (exact) mass is 685 g/mol. The van der Waals surface area contributed by atoms with Crippen molar-refractivity contribution in [2.24, 2.45) is 0 Å². The molecule has 0 fully saturated rings. The number of oxazole rings is 2. The molecule has 1 aliphatic heterocycles. The maximum atomic E-state index is 6.16. The normalized spacial score (nSPS) is 13.8. The minimum Gasteiger partial charge on any atom is -0.436 e. The van der Waals surface area contributed by atoms with Gasteiger partial charge in [-0.05, 0) is 93.6 Å². The van der Waals surface area contributed by atoms with Crippen LogP contribution in [0.5, 0.6) is 11.8 Å². The summed E-state index contributed by atoms with van der Waals surface area (Å²) in [6.45, 7) is 8.90. The Morgan fingerprint density at radius 1 is 0.731 bits per heavy atom. The van der Waals surface area contributed by atoms with Gasteiger partial charge in [0, 0.05) is 29.9 Å². The highest BCUT2D eigenvalue weighted by atomic mass is 16.6. The van der Waals surface area contributed by atoms with Gasteiger partial charge in [-0.3, -0.25) is 4.90 Å². The van der Waals surface area contributed by atoms with Crippen LogP contribution in [0.4, 0.5) is 17.1 Å². The number of anilines is 3. The molecule has 0 spiro atoms. The Morgan fingerprint density at radius 2 is 1.48 bits per heavy atom. The molecule has 9 rings (SSSR count). The molecular formula is C43H37N6O3+. The van der Waals surface area contributed by atoms with Gasteiger partial charge in [-0.15, -0.1) is 0 Å². The van der Waals surface area contributed by atoms with Gasteiger partial charge < -0.3 is 18.5 Å². The van der Waals surface area contributed by atoms with Crippen LogP contribution in [0.3, 0.4) is 0 Å². The molecule has 1 aliphatic rings. The van der Waals surface area contributed by atoms with E-state index in [1.165, 1.54) is 0 Å². The van der Waals surface area contributed by atoms with Crippen LogP contribution in [0, 0.1) is 0 Å². The zero-order valence-corrected chi connectivity index (χ0v) is 29.2. The fourth-order valence-corrected chi connectivity index (χ4v) is 7.23. The summed E-state index contributed by atoms with van der Waals surface area (Å²) < 4.78 is 22.8. The molecule has 0 aliphatic carbocycles. The van der Waals surface area contributed by atoms with Crippen LogP contribution >= 0.6 is 0 Å². The molecule has 8 aromatic rings. The van der Waals surface area contributed by atoms with Crippen molar-refractivity contribution in [1.29, 1.82) is 0 Å². The number of nitrogens with zero attached hydrogens (tertiary/aromatic N) is 6. The van der Waals surface area contributed by atoms with Gasteiger partial charge in [0.1, 0.15) is 22.6 Å². The maximum absolute atomic E-state index is 6.16. The number of benzene rings is 5. The van der Waals surface area contributed by atoms with E-state index in [9.17, 15) is 0 Å². The second-order valence-electron chi connectivity index (χ2n) is 12.5. The Balaban J connectivity index is 1.09. The van der Waals surface area contributed by atoms with Crippen LogP contribution in [0.1, 0.15) is 26.6 Å². The molecule has 0 bridgehead atoms. The number of aromatic nitrogens is 4. The van der Waals surface area contributed by atoms with Gasteiger partial charge in [0.15, 0.2) is 22.2 Å². The minimum atomic E-state index is 0.229. The number of allylic oxidation sites excluding steroid dienone is 2. The SMILES string of the molecule is CCN1C(=CC=Cc2n(CC)c3cc(Oc4nc5ccccc5o4)ccc3[n+]2CC)N(c2ccccc2)c2ccc(-c3nc4ccccc4o3)cc21. The van der Waals surface area contributed by atoms with Gasteiger partial charge >= 0.3 is 6.08 Å². The summed E-state index contributed by atoms with van der Waals surface area (Å²) in [7, 11) is 0. The number of para-hydroxylation sites is 5. The summed E-state index contributed by atoms with van der Waals surface area (Å²) in [5.74, 6) is 3.44. The fraction of sp³-hybridized carbons (Fsp3) is 0.140. The van der Waals surface area contributed by atoms with Gasteiger partial charge in [-0.25, -0.2) is 14.1 Å². The minimum absolute atomic E-state index is 0.229. The summed E-state index contributed by atoms with van der Waals surface area (Å²) in [5, 5.41) is 0. The maximum Gasteiger partial charge on any atom is 0.400 e. The van der Waals surface area contributed by atoms with Crippen molar-refractivity contribution in [3.8, 4) is 23.3 Å². The first-order valence-electron chi connectivity index (χ1n) is 17.7. The molecule has 3 aromatic heterocycles. The molecule has 0 unspecified atom stereocenters. The molecule has 0 saturated heterocycles. The van der Waals surface area contributed by atoms with Gasteiger partial charge in [-0.1, -0.05) is 48.5 Å². The largest absolute Gasteiger partial charge is 0.436 e. The average molecular weight is 686 g/mol. The zero-order chi connectivity index (χ0) is 35.2. The molecule has 4 heterocycles. The lowest BCUT2D eigenvalue weighted by molar-refractivity contribution is -0.670. The van der Waals surface area contributed by atoms with Gasteiger partial charge in [0.05, 0.1) is 24.5 Å². The molecule has 9 heteroatoms. The molecule has 0 N–H and O–H groups in total. The molecule has 0 amide bonds. The van der Waals surface area contributed by atoms with Crippen LogP contribution in [0.15, 0.2) is 142 Å². The van der Waals surface area contributed by atoms with Crippen molar-refractivity contribution in [3.63, 3.8) is 0 Å². The Hall–Kier alpha value is -6.61. The fourth-order valence-electron chi connectivity index (χ4n) is 7.23. The van der Waals surface area contributed by atoms with E-state index in [0.717, 1.165) is 81.6 Å². The predicted octanol–water partition coefficient (Wildman–Crippen LogP) is 10.2. The molecular weight excluding hydrogens is 649 g/mol. The molecule has 52 heavy (non-hydrogen) atoms. The van der Waals surface area contributed by atoms with Crippen LogP contribution in [0.2, 0.25) is 0 Å². The molecule has 9 nitrogen and oxygen atoms in total. The molecule has 0 saturated carbocycles. The number of aryl methyl sites for hydroxylation is 2. The molecule has 0 radical (unpaired) electrons. The van der Waals surface area contributed by atoms with E-state index in [0.29, 0.717) is 17.2 Å². The summed E-state index contributed by atoms with van der Waals surface area (Å²) in [6.07, 6.45) is 6.79. The molecule has 256 valence electrons. The van der Waals surface area contributed by atoms with Crippen molar-refractivity contribution >= 4 is 56.4 Å². The number of ether oxygens (including phenoxy) is 1. The number of imidazole rings is 1. The second kappa shape index (κ2) is 12.9. The molecule has 5 aromatic carbocycles. The highest BCUT2D eigenvalue weighted by Gasteiger charge is 2.32. The van der Waals surface area contributed by atoms with Crippen molar-refractivity contribution in [1.82, 2.24) is 14.5 Å². The van der Waals surface area contributed by atoms with E-state index < -0.39 is 0 Å². The highest BCUT2D eigenvalue weighted by molar-refractivity contribution is 5.91. The van der Waals surface area contributed by atoms with E-state index in [2.05, 4.69) is 124 Å². The van der Waals surface area contributed by atoms with Gasteiger partial charge in [0.2, 0.25) is 5.89 Å². The Morgan fingerprint density at radius 3 is 2.21 bits per heavy atom. The predicted molar refractivity (Wildman–Crippen MR) is 206 cm³/mol. The Labute approximate surface area is 300 Å². The van der Waals surface area contributed by atoms with Crippen LogP contribution in [0.25, 0.3) is 50.8 Å². The Bertz CT molecular complexity index is 2580. The summed E-state index contributed by atoms with van der Waals surface area (Å²) in [5.41, 5.74) is 9.53. The van der Waals surface area contributed by atoms with E-state index >= 15 is 0 Å². The number of rotatable bonds is 9. The van der Waals surface area contributed by atoms with Crippen LogP contribution < -0.4 is 19.1 Å². The third kappa shape index (κ3) is 5.29. The zero-order valence-electron chi connectivity index (χ0n) is 29.2. The highest BCUT2D eigenvalue weighted by Crippen LogP contribution is 2.47. The summed E-state index contributed by atoms with van der Waals surface area (Å²) >= 11 is 0. The standard InChI is InChI=1S/C43H37N6O3/c1-4-46-34-26-24-31(50-43-45-33-18-11-13-20-39(33)52-43)28-37(34)47(5-2)40(46)21-14-22-41-48(6-3)36-27-29(42-44-32-17-10-12-19-38(32)51-42)23-25-35(36)49(41)30-15-8-7-9-16-30/h7-28H,4-6H2,1-3H3/q+1. The lowest BCUT2D eigenvalue weighted by atomic mass is 10.1. The number of fused-ring (bicyclic) bond motifs is 4. The van der Waals surface area contributed by atoms with Crippen molar-refractivity contribution in [3.05, 3.63) is 139 Å². The average Bonchev–Trinajstić information content (AvgIpc) is 3.94. The van der Waals surface area contributed by atoms with Crippen molar-refractivity contribution in [2.75, 3.05) is 16.3 Å². The quantitative estimate of drug-likeness (QED) is 0.140. The first kappa shape index (κ1) is 31.4. The second-order valence-corrected chi connectivity index (χ2v) is 12.5. The summed E-state index contributed by atoms with van der Waals surface area (Å²) in [6, 6.07) is 38.6. The van der Waals surface area contributed by atoms with Gasteiger partial charge in [0.25, 0.3) is 5.82 Å². The smallest absolute Gasteiger partial charge is 0.400 e. The third-order valence-corrected chi connectivity index (χ3v) is 9.57. The van der Waals surface area contributed by atoms with Crippen molar-refractivity contribution < 1.29 is 18.1 Å². The summed E-state index contributed by atoms with van der Waals surface area (Å²) in [4.78, 5) is 13.9. The van der Waals surface area contributed by atoms with Gasteiger partial charge in [-0.2, -0.15) is 4.98 Å². The lowest BCUT2D eigenvalue weighted by Gasteiger charge is -2.24. The topological polar surface area (TPSA) is 76.6 Å². The van der Waals surface area contributed by atoms with E-state index in [-0.39, 0.29) is 6.08 Å².